The minimum Gasteiger partial charge on any atom is -0.481 e. The van der Waals surface area contributed by atoms with Crippen molar-refractivity contribution in [1.82, 2.24) is 14.9 Å². The molecule has 0 bridgehead atoms. The highest BCUT2D eigenvalue weighted by Gasteiger charge is 2.23. The fraction of sp³-hybridized carbons (Fsp3) is 0.267. The van der Waals surface area contributed by atoms with Crippen molar-refractivity contribution in [1.29, 1.82) is 0 Å². The second-order valence-electron chi connectivity index (χ2n) is 9.59. The Morgan fingerprint density at radius 1 is 0.872 bits per heavy atom. The van der Waals surface area contributed by atoms with Gasteiger partial charge in [-0.25, -0.2) is 14.4 Å². The van der Waals surface area contributed by atoms with Crippen LogP contribution in [0.5, 0.6) is 0 Å². The molecular weight excluding hydrogens is 519 g/mol. The molecule has 9 heteroatoms. The van der Waals surface area contributed by atoms with Crippen molar-refractivity contribution in [2.45, 2.75) is 25.7 Å². The van der Waals surface area contributed by atoms with E-state index in [9.17, 15) is 14.0 Å². The topological polar surface area (TPSA) is 86.6 Å². The summed E-state index contributed by atoms with van der Waals surface area (Å²) in [6.07, 6.45) is 1.86. The smallest absolute Gasteiger partial charge is 0.303 e. The van der Waals surface area contributed by atoms with Crippen molar-refractivity contribution in [3.63, 3.8) is 0 Å². The number of carbonyl (C=O) groups excluding carboxylic acids is 1. The van der Waals surface area contributed by atoms with E-state index in [1.807, 2.05) is 23.1 Å². The Morgan fingerprint density at radius 3 is 2.28 bits per heavy atom. The van der Waals surface area contributed by atoms with Crippen molar-refractivity contribution in [2.75, 3.05) is 31.1 Å². The SMILES string of the molecule is O=C(O)CCCCc1nc2cc(C(=O)N3CCN(c4ccc(F)cc4)CC3)ccc2nc1-c1ccc(Cl)cc1. The van der Waals surface area contributed by atoms with Gasteiger partial charge in [0.15, 0.2) is 0 Å². The first-order valence-electron chi connectivity index (χ1n) is 13.0. The standard InChI is InChI=1S/C30H28ClFN4O3/c31-22-8-5-20(6-9-22)29-26(3-1-2-4-28(37)38)33-27-19-21(7-14-25(27)34-29)30(39)36-17-15-35(16-18-36)24-12-10-23(32)11-13-24/h5-14,19H,1-4,15-18H2,(H,37,38). The highest BCUT2D eigenvalue weighted by molar-refractivity contribution is 6.30. The molecule has 0 spiro atoms. The second kappa shape index (κ2) is 11.8. The summed E-state index contributed by atoms with van der Waals surface area (Å²) < 4.78 is 13.3. The van der Waals surface area contributed by atoms with E-state index in [-0.39, 0.29) is 18.1 Å². The quantitative estimate of drug-likeness (QED) is 0.279. The molecule has 1 aromatic heterocycles. The number of aryl methyl sites for hydroxylation is 1. The second-order valence-corrected chi connectivity index (χ2v) is 10.0. The molecule has 200 valence electrons. The molecule has 1 aliphatic rings. The lowest BCUT2D eigenvalue weighted by molar-refractivity contribution is -0.137. The van der Waals surface area contributed by atoms with E-state index in [1.165, 1.54) is 12.1 Å². The summed E-state index contributed by atoms with van der Waals surface area (Å²) in [7, 11) is 0. The summed E-state index contributed by atoms with van der Waals surface area (Å²) in [5.74, 6) is -1.16. The van der Waals surface area contributed by atoms with Crippen LogP contribution in [0.2, 0.25) is 5.02 Å². The van der Waals surface area contributed by atoms with Crippen LogP contribution in [0.15, 0.2) is 66.7 Å². The Balaban J connectivity index is 1.36. The average Bonchev–Trinajstić information content (AvgIpc) is 2.95. The van der Waals surface area contributed by atoms with Crippen LogP contribution in [0.25, 0.3) is 22.3 Å². The third-order valence-corrected chi connectivity index (χ3v) is 7.17. The van der Waals surface area contributed by atoms with Gasteiger partial charge < -0.3 is 14.9 Å². The molecule has 1 saturated heterocycles. The minimum atomic E-state index is -0.820. The normalized spacial score (nSPS) is 13.6. The van der Waals surface area contributed by atoms with E-state index in [4.69, 9.17) is 26.7 Å². The van der Waals surface area contributed by atoms with Crippen molar-refractivity contribution in [3.05, 3.63) is 88.8 Å². The number of benzene rings is 3. The Hall–Kier alpha value is -4.04. The van der Waals surface area contributed by atoms with Gasteiger partial charge in [-0.1, -0.05) is 23.7 Å². The van der Waals surface area contributed by atoms with Gasteiger partial charge in [-0.15, -0.1) is 0 Å². The molecule has 0 saturated carbocycles. The number of hydrogen-bond donors (Lipinski definition) is 1. The first kappa shape index (κ1) is 26.6. The number of rotatable bonds is 8. The monoisotopic (exact) mass is 546 g/mol. The van der Waals surface area contributed by atoms with Gasteiger partial charge >= 0.3 is 5.97 Å². The van der Waals surface area contributed by atoms with Crippen LogP contribution in [0.3, 0.4) is 0 Å². The van der Waals surface area contributed by atoms with E-state index in [0.29, 0.717) is 67.1 Å². The first-order chi connectivity index (χ1) is 18.9. The van der Waals surface area contributed by atoms with Crippen LogP contribution < -0.4 is 4.90 Å². The van der Waals surface area contributed by atoms with Crippen LogP contribution in [0, 0.1) is 5.82 Å². The van der Waals surface area contributed by atoms with Crippen molar-refractivity contribution in [3.8, 4) is 11.3 Å². The lowest BCUT2D eigenvalue weighted by Gasteiger charge is -2.36. The summed E-state index contributed by atoms with van der Waals surface area (Å²) in [6.45, 7) is 2.44. The molecular formula is C30H28ClFN4O3. The third kappa shape index (κ3) is 6.34. The fourth-order valence-corrected chi connectivity index (χ4v) is 4.93. The number of nitrogens with zero attached hydrogens (tertiary/aromatic N) is 4. The number of halogens is 2. The molecule has 0 aliphatic carbocycles. The lowest BCUT2D eigenvalue weighted by atomic mass is 10.0. The van der Waals surface area contributed by atoms with Gasteiger partial charge in [0.25, 0.3) is 5.91 Å². The van der Waals surface area contributed by atoms with Crippen LogP contribution in [0.1, 0.15) is 35.3 Å². The summed E-state index contributed by atoms with van der Waals surface area (Å²) in [5.41, 5.74) is 5.14. The summed E-state index contributed by atoms with van der Waals surface area (Å²) in [6, 6.07) is 19.2. The van der Waals surface area contributed by atoms with Gasteiger partial charge in [-0.3, -0.25) is 9.59 Å². The first-order valence-corrected chi connectivity index (χ1v) is 13.3. The number of aliphatic carboxylic acids is 1. The molecule has 1 amide bonds. The summed E-state index contributed by atoms with van der Waals surface area (Å²) in [4.78, 5) is 38.0. The van der Waals surface area contributed by atoms with Gasteiger partial charge in [0.05, 0.1) is 22.4 Å². The van der Waals surface area contributed by atoms with Gasteiger partial charge in [-0.05, 0) is 73.9 Å². The zero-order valence-corrected chi connectivity index (χ0v) is 22.1. The average molecular weight is 547 g/mol. The number of carboxylic acid groups (broad SMARTS) is 1. The number of piperazine rings is 1. The van der Waals surface area contributed by atoms with Crippen LogP contribution in [-0.2, 0) is 11.2 Å². The molecule has 39 heavy (non-hydrogen) atoms. The number of fused-ring (bicyclic) bond motifs is 1. The highest BCUT2D eigenvalue weighted by atomic mass is 35.5. The number of unbranched alkanes of at least 4 members (excludes halogenated alkanes) is 1. The molecule has 5 rings (SSSR count). The van der Waals surface area contributed by atoms with Gasteiger partial charge in [0.2, 0.25) is 0 Å². The largest absolute Gasteiger partial charge is 0.481 e. The van der Waals surface area contributed by atoms with Crippen molar-refractivity contribution in [2.24, 2.45) is 0 Å². The number of aromatic nitrogens is 2. The maximum Gasteiger partial charge on any atom is 0.303 e. The van der Waals surface area contributed by atoms with Crippen LogP contribution in [0.4, 0.5) is 10.1 Å². The number of anilines is 1. The number of carboxylic acids is 1. The number of amides is 1. The van der Waals surface area contributed by atoms with Crippen LogP contribution >= 0.6 is 11.6 Å². The zero-order chi connectivity index (χ0) is 27.4. The maximum atomic E-state index is 13.4. The molecule has 0 atom stereocenters. The number of hydrogen-bond acceptors (Lipinski definition) is 5. The fourth-order valence-electron chi connectivity index (χ4n) is 4.81. The summed E-state index contributed by atoms with van der Waals surface area (Å²) >= 11 is 6.08. The van der Waals surface area contributed by atoms with E-state index in [1.54, 1.807) is 36.4 Å². The van der Waals surface area contributed by atoms with E-state index in [0.717, 1.165) is 22.6 Å². The predicted octanol–water partition coefficient (Wildman–Crippen LogP) is 5.85. The molecule has 0 unspecified atom stereocenters. The zero-order valence-electron chi connectivity index (χ0n) is 21.3. The predicted molar refractivity (Wildman–Crippen MR) is 150 cm³/mol. The Bertz CT molecular complexity index is 1490. The third-order valence-electron chi connectivity index (χ3n) is 6.91. The summed E-state index contributed by atoms with van der Waals surface area (Å²) in [5, 5.41) is 9.61. The van der Waals surface area contributed by atoms with E-state index >= 15 is 0 Å². The Kier molecular flexibility index (Phi) is 8.02. The van der Waals surface area contributed by atoms with Gasteiger partial charge in [0, 0.05) is 54.4 Å². The molecule has 0 radical (unpaired) electrons. The highest BCUT2D eigenvalue weighted by Crippen LogP contribution is 2.27. The van der Waals surface area contributed by atoms with Crippen LogP contribution in [-0.4, -0.2) is 58.0 Å². The molecule has 1 fully saturated rings. The van der Waals surface area contributed by atoms with Crippen molar-refractivity contribution < 1.29 is 19.1 Å². The molecule has 1 N–H and O–H groups in total. The minimum absolute atomic E-state index is 0.0674. The lowest BCUT2D eigenvalue weighted by Crippen LogP contribution is -2.48. The Labute approximate surface area is 230 Å². The molecule has 7 nitrogen and oxygen atoms in total. The van der Waals surface area contributed by atoms with Crippen molar-refractivity contribution >= 4 is 40.2 Å². The Morgan fingerprint density at radius 2 is 1.59 bits per heavy atom. The number of carbonyl (C=O) groups is 2. The molecule has 4 aromatic rings. The molecule has 1 aliphatic heterocycles. The molecule has 2 heterocycles. The maximum absolute atomic E-state index is 13.4. The van der Waals surface area contributed by atoms with Gasteiger partial charge in [0.1, 0.15) is 5.82 Å². The van der Waals surface area contributed by atoms with E-state index in [2.05, 4.69) is 4.90 Å². The van der Waals surface area contributed by atoms with Gasteiger partial charge in [-0.2, -0.15) is 0 Å². The van der Waals surface area contributed by atoms with E-state index < -0.39 is 5.97 Å². The molecule has 3 aromatic carbocycles.